The van der Waals surface area contributed by atoms with Crippen LogP contribution in [0.25, 0.3) is 0 Å². The highest BCUT2D eigenvalue weighted by Gasteiger charge is 2.13. The first-order chi connectivity index (χ1) is 10.7. The number of nitrogens with zero attached hydrogens (tertiary/aromatic N) is 1. The van der Waals surface area contributed by atoms with E-state index < -0.39 is 0 Å². The van der Waals surface area contributed by atoms with Gasteiger partial charge in [0.05, 0.1) is 0 Å². The SMILES string of the molecule is CCCCCCCCCCN(CC)C(=O)c1ccc(Cl)cc1. The Morgan fingerprint density at radius 2 is 1.45 bits per heavy atom. The van der Waals surface area contributed by atoms with Crippen molar-refractivity contribution in [3.05, 3.63) is 34.9 Å². The molecule has 0 saturated heterocycles. The van der Waals surface area contributed by atoms with E-state index >= 15 is 0 Å². The van der Waals surface area contributed by atoms with E-state index in [1.54, 1.807) is 24.3 Å². The molecule has 0 aliphatic heterocycles. The van der Waals surface area contributed by atoms with E-state index in [0.29, 0.717) is 5.02 Å². The first-order valence-corrected chi connectivity index (χ1v) is 9.11. The van der Waals surface area contributed by atoms with Crippen LogP contribution in [0.1, 0.15) is 75.6 Å². The summed E-state index contributed by atoms with van der Waals surface area (Å²) >= 11 is 5.87. The van der Waals surface area contributed by atoms with Gasteiger partial charge in [0.25, 0.3) is 5.91 Å². The fourth-order valence-electron chi connectivity index (χ4n) is 2.61. The van der Waals surface area contributed by atoms with Crippen LogP contribution >= 0.6 is 11.6 Å². The maximum atomic E-state index is 12.4. The van der Waals surface area contributed by atoms with E-state index in [0.717, 1.165) is 25.1 Å². The van der Waals surface area contributed by atoms with Crippen molar-refractivity contribution in [1.29, 1.82) is 0 Å². The van der Waals surface area contributed by atoms with Crippen LogP contribution in [0.15, 0.2) is 24.3 Å². The third-order valence-corrected chi connectivity index (χ3v) is 4.29. The van der Waals surface area contributed by atoms with Crippen LogP contribution in [0.3, 0.4) is 0 Å². The summed E-state index contributed by atoms with van der Waals surface area (Å²) in [5, 5.41) is 0.669. The van der Waals surface area contributed by atoms with E-state index in [2.05, 4.69) is 6.92 Å². The number of hydrogen-bond donors (Lipinski definition) is 0. The molecule has 0 aliphatic carbocycles. The second kappa shape index (κ2) is 11.5. The lowest BCUT2D eigenvalue weighted by Gasteiger charge is -2.21. The molecule has 0 bridgehead atoms. The fraction of sp³-hybridized carbons (Fsp3) is 0.632. The molecule has 0 spiro atoms. The fourth-order valence-corrected chi connectivity index (χ4v) is 2.74. The normalized spacial score (nSPS) is 10.7. The molecule has 22 heavy (non-hydrogen) atoms. The summed E-state index contributed by atoms with van der Waals surface area (Å²) in [5.41, 5.74) is 0.728. The van der Waals surface area contributed by atoms with Crippen molar-refractivity contribution < 1.29 is 4.79 Å². The Balaban J connectivity index is 2.24. The minimum atomic E-state index is 0.113. The minimum Gasteiger partial charge on any atom is -0.339 e. The van der Waals surface area contributed by atoms with Gasteiger partial charge in [0.2, 0.25) is 0 Å². The Morgan fingerprint density at radius 1 is 0.909 bits per heavy atom. The van der Waals surface area contributed by atoms with Gasteiger partial charge in [-0.2, -0.15) is 0 Å². The van der Waals surface area contributed by atoms with E-state index in [1.165, 1.54) is 44.9 Å². The zero-order chi connectivity index (χ0) is 16.2. The van der Waals surface area contributed by atoms with E-state index in [4.69, 9.17) is 11.6 Å². The number of carbonyl (C=O) groups excluding carboxylic acids is 1. The molecule has 1 aromatic rings. The molecule has 0 unspecified atom stereocenters. The van der Waals surface area contributed by atoms with Crippen LogP contribution in [-0.4, -0.2) is 23.9 Å². The van der Waals surface area contributed by atoms with Crippen LogP contribution < -0.4 is 0 Å². The largest absolute Gasteiger partial charge is 0.339 e. The average molecular weight is 324 g/mol. The predicted molar refractivity (Wildman–Crippen MR) is 95.6 cm³/mol. The monoisotopic (exact) mass is 323 g/mol. The summed E-state index contributed by atoms with van der Waals surface area (Å²) in [4.78, 5) is 14.3. The lowest BCUT2D eigenvalue weighted by Crippen LogP contribution is -2.31. The molecule has 124 valence electrons. The number of rotatable bonds is 11. The van der Waals surface area contributed by atoms with Crippen LogP contribution in [0.5, 0.6) is 0 Å². The van der Waals surface area contributed by atoms with E-state index in [9.17, 15) is 4.79 Å². The van der Waals surface area contributed by atoms with Crippen LogP contribution in [0.4, 0.5) is 0 Å². The Labute approximate surface area is 140 Å². The van der Waals surface area contributed by atoms with Gasteiger partial charge in [-0.05, 0) is 37.6 Å². The standard InChI is InChI=1S/C19H30ClNO/c1-3-5-6-7-8-9-10-11-16-21(4-2)19(22)17-12-14-18(20)15-13-17/h12-15H,3-11,16H2,1-2H3. The van der Waals surface area contributed by atoms with Crippen molar-refractivity contribution in [1.82, 2.24) is 4.90 Å². The Bertz CT molecular complexity index is 416. The van der Waals surface area contributed by atoms with Crippen molar-refractivity contribution in [2.45, 2.75) is 65.2 Å². The molecule has 1 rings (SSSR count). The predicted octanol–water partition coefficient (Wildman–Crippen LogP) is 5.94. The van der Waals surface area contributed by atoms with E-state index in [-0.39, 0.29) is 5.91 Å². The molecule has 0 atom stereocenters. The average Bonchev–Trinajstić information content (AvgIpc) is 2.54. The van der Waals surface area contributed by atoms with Gasteiger partial charge in [0, 0.05) is 23.7 Å². The molecular weight excluding hydrogens is 294 g/mol. The Morgan fingerprint density at radius 3 is 2.00 bits per heavy atom. The molecule has 3 heteroatoms. The van der Waals surface area contributed by atoms with Crippen LogP contribution in [0, 0.1) is 0 Å². The highest BCUT2D eigenvalue weighted by molar-refractivity contribution is 6.30. The number of halogens is 1. The lowest BCUT2D eigenvalue weighted by molar-refractivity contribution is 0.0761. The second-order valence-electron chi connectivity index (χ2n) is 5.87. The summed E-state index contributed by atoms with van der Waals surface area (Å²) in [7, 11) is 0. The van der Waals surface area contributed by atoms with Crippen molar-refractivity contribution in [3.63, 3.8) is 0 Å². The third-order valence-electron chi connectivity index (χ3n) is 4.04. The van der Waals surface area contributed by atoms with Gasteiger partial charge in [-0.3, -0.25) is 4.79 Å². The Hall–Kier alpha value is -1.02. The summed E-state index contributed by atoms with van der Waals surface area (Å²) in [6.07, 6.45) is 10.3. The molecule has 0 radical (unpaired) electrons. The molecule has 0 N–H and O–H groups in total. The zero-order valence-corrected chi connectivity index (χ0v) is 14.9. The molecule has 0 aromatic heterocycles. The van der Waals surface area contributed by atoms with Gasteiger partial charge in [0.15, 0.2) is 0 Å². The highest BCUT2D eigenvalue weighted by Crippen LogP contribution is 2.13. The highest BCUT2D eigenvalue weighted by atomic mass is 35.5. The van der Waals surface area contributed by atoms with Crippen molar-refractivity contribution in [2.24, 2.45) is 0 Å². The number of benzene rings is 1. The van der Waals surface area contributed by atoms with Gasteiger partial charge in [0.1, 0.15) is 0 Å². The molecule has 0 saturated carbocycles. The van der Waals surface area contributed by atoms with Crippen LogP contribution in [0.2, 0.25) is 5.02 Å². The number of carbonyl (C=O) groups is 1. The van der Waals surface area contributed by atoms with Gasteiger partial charge in [-0.25, -0.2) is 0 Å². The van der Waals surface area contributed by atoms with Gasteiger partial charge < -0.3 is 4.90 Å². The summed E-state index contributed by atoms with van der Waals surface area (Å²) in [6, 6.07) is 7.17. The minimum absolute atomic E-state index is 0.113. The number of unbranched alkanes of at least 4 members (excludes halogenated alkanes) is 7. The first-order valence-electron chi connectivity index (χ1n) is 8.73. The van der Waals surface area contributed by atoms with E-state index in [1.807, 2.05) is 11.8 Å². The Kier molecular flexibility index (Phi) is 9.98. The zero-order valence-electron chi connectivity index (χ0n) is 14.1. The molecule has 0 heterocycles. The van der Waals surface area contributed by atoms with Crippen molar-refractivity contribution in [3.8, 4) is 0 Å². The molecule has 0 fully saturated rings. The summed E-state index contributed by atoms with van der Waals surface area (Å²) in [5.74, 6) is 0.113. The smallest absolute Gasteiger partial charge is 0.253 e. The van der Waals surface area contributed by atoms with Gasteiger partial charge in [-0.15, -0.1) is 0 Å². The lowest BCUT2D eigenvalue weighted by atomic mass is 10.1. The van der Waals surface area contributed by atoms with Crippen molar-refractivity contribution >= 4 is 17.5 Å². The second-order valence-corrected chi connectivity index (χ2v) is 6.30. The molecule has 2 nitrogen and oxygen atoms in total. The maximum absolute atomic E-state index is 12.4. The summed E-state index contributed by atoms with van der Waals surface area (Å²) < 4.78 is 0. The first kappa shape index (κ1) is 19.0. The number of hydrogen-bond acceptors (Lipinski definition) is 1. The molecule has 0 aliphatic rings. The quantitative estimate of drug-likeness (QED) is 0.461. The van der Waals surface area contributed by atoms with Gasteiger partial charge >= 0.3 is 0 Å². The molecular formula is C19H30ClNO. The summed E-state index contributed by atoms with van der Waals surface area (Å²) in [6.45, 7) is 5.90. The third kappa shape index (κ3) is 7.31. The topological polar surface area (TPSA) is 20.3 Å². The molecule has 1 amide bonds. The number of amides is 1. The van der Waals surface area contributed by atoms with Crippen molar-refractivity contribution in [2.75, 3.05) is 13.1 Å². The van der Waals surface area contributed by atoms with Crippen LogP contribution in [-0.2, 0) is 0 Å². The maximum Gasteiger partial charge on any atom is 0.253 e. The molecule has 1 aromatic carbocycles. The van der Waals surface area contributed by atoms with Gasteiger partial charge in [-0.1, -0.05) is 63.5 Å².